The molecule has 0 amide bonds. The molecule has 1 aromatic carbocycles. The quantitative estimate of drug-likeness (QED) is 0.696. The molecule has 0 saturated carbocycles. The smallest absolute Gasteiger partial charge is 0.0524 e. The third kappa shape index (κ3) is 1.79. The summed E-state index contributed by atoms with van der Waals surface area (Å²) in [4.78, 5) is 0. The molecule has 0 N–H and O–H groups in total. The van der Waals surface area contributed by atoms with Crippen LogP contribution in [0.3, 0.4) is 0 Å². The van der Waals surface area contributed by atoms with Crippen LogP contribution in [0.15, 0.2) is 23.6 Å². The van der Waals surface area contributed by atoms with Gasteiger partial charge in [0.2, 0.25) is 0 Å². The SMILES string of the molecule is CCCCc1ccc2sccc2c1Cl. The van der Waals surface area contributed by atoms with Crippen molar-refractivity contribution in [3.63, 3.8) is 0 Å². The van der Waals surface area contributed by atoms with Gasteiger partial charge in [0.25, 0.3) is 0 Å². The van der Waals surface area contributed by atoms with Crippen molar-refractivity contribution >= 4 is 33.0 Å². The fourth-order valence-corrected chi connectivity index (χ4v) is 2.79. The van der Waals surface area contributed by atoms with E-state index in [2.05, 4.69) is 30.5 Å². The molecule has 1 heterocycles. The van der Waals surface area contributed by atoms with Gasteiger partial charge >= 0.3 is 0 Å². The molecule has 2 aromatic rings. The minimum atomic E-state index is 0.956. The number of benzene rings is 1. The van der Waals surface area contributed by atoms with E-state index in [4.69, 9.17) is 11.6 Å². The Morgan fingerprint density at radius 3 is 2.93 bits per heavy atom. The van der Waals surface area contributed by atoms with Gasteiger partial charge in [-0.05, 0) is 35.9 Å². The molecule has 0 fully saturated rings. The van der Waals surface area contributed by atoms with Crippen molar-refractivity contribution in [1.29, 1.82) is 0 Å². The molecule has 74 valence electrons. The minimum Gasteiger partial charge on any atom is -0.144 e. The maximum atomic E-state index is 6.33. The number of unbranched alkanes of at least 4 members (excludes halogenated alkanes) is 1. The number of halogens is 1. The van der Waals surface area contributed by atoms with E-state index in [1.165, 1.54) is 28.5 Å². The highest BCUT2D eigenvalue weighted by Gasteiger charge is 2.05. The summed E-state index contributed by atoms with van der Waals surface area (Å²) < 4.78 is 1.29. The molecule has 2 heteroatoms. The van der Waals surface area contributed by atoms with Crippen LogP contribution in [0.25, 0.3) is 10.1 Å². The Balaban J connectivity index is 2.40. The number of hydrogen-bond donors (Lipinski definition) is 0. The standard InChI is InChI=1S/C12H13ClS/c1-2-3-4-9-5-6-11-10(12(9)13)7-8-14-11/h5-8H,2-4H2,1H3. The molecular formula is C12H13ClS. The normalized spacial score (nSPS) is 11.0. The Kier molecular flexibility index (Phi) is 3.09. The van der Waals surface area contributed by atoms with Gasteiger partial charge in [-0.3, -0.25) is 0 Å². The molecule has 0 nitrogen and oxygen atoms in total. The number of aryl methyl sites for hydroxylation is 1. The average molecular weight is 225 g/mol. The Morgan fingerprint density at radius 2 is 2.14 bits per heavy atom. The molecule has 14 heavy (non-hydrogen) atoms. The molecule has 0 unspecified atom stereocenters. The van der Waals surface area contributed by atoms with Gasteiger partial charge in [-0.15, -0.1) is 11.3 Å². The largest absolute Gasteiger partial charge is 0.144 e. The highest BCUT2D eigenvalue weighted by atomic mass is 35.5. The van der Waals surface area contributed by atoms with Crippen LogP contribution in [-0.4, -0.2) is 0 Å². The van der Waals surface area contributed by atoms with Crippen LogP contribution in [0.5, 0.6) is 0 Å². The first-order valence-corrected chi connectivity index (χ1v) is 6.23. The summed E-state index contributed by atoms with van der Waals surface area (Å²) in [6, 6.07) is 6.45. The van der Waals surface area contributed by atoms with Crippen molar-refractivity contribution in [1.82, 2.24) is 0 Å². The van der Waals surface area contributed by atoms with E-state index < -0.39 is 0 Å². The summed E-state index contributed by atoms with van der Waals surface area (Å²) in [5.74, 6) is 0. The van der Waals surface area contributed by atoms with Crippen LogP contribution in [0.4, 0.5) is 0 Å². The fourth-order valence-electron chi connectivity index (χ4n) is 1.61. The van der Waals surface area contributed by atoms with Gasteiger partial charge in [0.05, 0.1) is 5.02 Å². The Hall–Kier alpha value is -0.530. The summed E-state index contributed by atoms with van der Waals surface area (Å²) >= 11 is 8.07. The molecule has 0 spiro atoms. The van der Waals surface area contributed by atoms with Crippen molar-refractivity contribution in [2.24, 2.45) is 0 Å². The molecular weight excluding hydrogens is 212 g/mol. The summed E-state index contributed by atoms with van der Waals surface area (Å²) in [6.07, 6.45) is 3.54. The summed E-state index contributed by atoms with van der Waals surface area (Å²) in [5.41, 5.74) is 1.29. The molecule has 0 saturated heterocycles. The van der Waals surface area contributed by atoms with Crippen molar-refractivity contribution in [2.75, 3.05) is 0 Å². The first kappa shape index (κ1) is 10.0. The molecule has 0 aliphatic carbocycles. The summed E-state index contributed by atoms with van der Waals surface area (Å²) in [6.45, 7) is 2.21. The predicted molar refractivity (Wildman–Crippen MR) is 65.4 cm³/mol. The summed E-state index contributed by atoms with van der Waals surface area (Å²) in [5, 5.41) is 4.27. The first-order valence-electron chi connectivity index (χ1n) is 4.97. The van der Waals surface area contributed by atoms with Crippen LogP contribution in [-0.2, 0) is 6.42 Å². The van der Waals surface area contributed by atoms with Gasteiger partial charge in [0.1, 0.15) is 0 Å². The van der Waals surface area contributed by atoms with Gasteiger partial charge in [-0.1, -0.05) is 31.0 Å². The van der Waals surface area contributed by atoms with E-state index in [9.17, 15) is 0 Å². The lowest BCUT2D eigenvalue weighted by Crippen LogP contribution is -1.85. The van der Waals surface area contributed by atoms with E-state index in [1.807, 2.05) is 0 Å². The van der Waals surface area contributed by atoms with Crippen LogP contribution in [0.1, 0.15) is 25.3 Å². The van der Waals surface area contributed by atoms with Crippen LogP contribution >= 0.6 is 22.9 Å². The van der Waals surface area contributed by atoms with Gasteiger partial charge in [-0.25, -0.2) is 0 Å². The Labute approximate surface area is 93.5 Å². The number of rotatable bonds is 3. The van der Waals surface area contributed by atoms with Crippen LogP contribution < -0.4 is 0 Å². The maximum Gasteiger partial charge on any atom is 0.0524 e. The number of fused-ring (bicyclic) bond motifs is 1. The molecule has 0 radical (unpaired) electrons. The fraction of sp³-hybridized carbons (Fsp3) is 0.333. The molecule has 1 aromatic heterocycles. The third-order valence-corrected chi connectivity index (χ3v) is 3.78. The van der Waals surface area contributed by atoms with Crippen molar-refractivity contribution in [3.8, 4) is 0 Å². The van der Waals surface area contributed by atoms with E-state index in [-0.39, 0.29) is 0 Å². The highest BCUT2D eigenvalue weighted by molar-refractivity contribution is 7.17. The van der Waals surface area contributed by atoms with Crippen LogP contribution in [0.2, 0.25) is 5.02 Å². The zero-order valence-corrected chi connectivity index (χ0v) is 9.79. The van der Waals surface area contributed by atoms with E-state index >= 15 is 0 Å². The average Bonchev–Trinajstić information content (AvgIpc) is 2.66. The lowest BCUT2D eigenvalue weighted by Gasteiger charge is -2.03. The highest BCUT2D eigenvalue weighted by Crippen LogP contribution is 2.31. The van der Waals surface area contributed by atoms with Crippen molar-refractivity contribution in [3.05, 3.63) is 34.2 Å². The first-order chi connectivity index (χ1) is 6.83. The topological polar surface area (TPSA) is 0 Å². The monoisotopic (exact) mass is 224 g/mol. The summed E-state index contributed by atoms with van der Waals surface area (Å²) in [7, 11) is 0. The molecule has 0 aliphatic heterocycles. The number of hydrogen-bond acceptors (Lipinski definition) is 1. The second-order valence-electron chi connectivity index (χ2n) is 3.47. The van der Waals surface area contributed by atoms with E-state index in [0.717, 1.165) is 11.4 Å². The second kappa shape index (κ2) is 4.33. The zero-order chi connectivity index (χ0) is 9.97. The van der Waals surface area contributed by atoms with Gasteiger partial charge in [0, 0.05) is 10.1 Å². The van der Waals surface area contributed by atoms with Crippen LogP contribution in [0, 0.1) is 0 Å². The van der Waals surface area contributed by atoms with Crippen molar-refractivity contribution < 1.29 is 0 Å². The molecule has 0 bridgehead atoms. The number of thiophene rings is 1. The third-order valence-electron chi connectivity index (χ3n) is 2.45. The minimum absolute atomic E-state index is 0.956. The molecule has 0 atom stereocenters. The van der Waals surface area contributed by atoms with Gasteiger partial charge < -0.3 is 0 Å². The van der Waals surface area contributed by atoms with Gasteiger partial charge in [-0.2, -0.15) is 0 Å². The Bertz CT molecular complexity index is 431. The Morgan fingerprint density at radius 1 is 1.29 bits per heavy atom. The second-order valence-corrected chi connectivity index (χ2v) is 4.80. The lowest BCUT2D eigenvalue weighted by atomic mass is 10.1. The van der Waals surface area contributed by atoms with Gasteiger partial charge in [0.15, 0.2) is 0 Å². The van der Waals surface area contributed by atoms with Crippen molar-refractivity contribution in [2.45, 2.75) is 26.2 Å². The predicted octanol–water partition coefficient (Wildman–Crippen LogP) is 4.90. The maximum absolute atomic E-state index is 6.33. The molecule has 2 rings (SSSR count). The lowest BCUT2D eigenvalue weighted by molar-refractivity contribution is 0.796. The van der Waals surface area contributed by atoms with E-state index in [0.29, 0.717) is 0 Å². The molecule has 0 aliphatic rings. The zero-order valence-electron chi connectivity index (χ0n) is 8.22. The van der Waals surface area contributed by atoms with E-state index in [1.54, 1.807) is 11.3 Å².